The van der Waals surface area contributed by atoms with Crippen LogP contribution < -0.4 is 5.32 Å². The van der Waals surface area contributed by atoms with Crippen LogP contribution in [0.3, 0.4) is 0 Å². The molecule has 1 amide bonds. The lowest BCUT2D eigenvalue weighted by molar-refractivity contribution is 0.0986. The van der Waals surface area contributed by atoms with Gasteiger partial charge >= 0.3 is 0 Å². The summed E-state index contributed by atoms with van der Waals surface area (Å²) in [6.07, 6.45) is 1.41. The van der Waals surface area contributed by atoms with Crippen LogP contribution in [-0.2, 0) is 0 Å². The minimum absolute atomic E-state index is 0.0421. The Kier molecular flexibility index (Phi) is 3.67. The van der Waals surface area contributed by atoms with Gasteiger partial charge in [-0.25, -0.2) is 0 Å². The number of hydrogen-bond donors (Lipinski definition) is 1. The third kappa shape index (κ3) is 2.72. The van der Waals surface area contributed by atoms with Gasteiger partial charge in [-0.15, -0.1) is 0 Å². The molecule has 4 rings (SSSR count). The van der Waals surface area contributed by atoms with Gasteiger partial charge in [0, 0.05) is 10.9 Å². The predicted molar refractivity (Wildman–Crippen MR) is 92.7 cm³/mol. The number of anilines is 1. The molecule has 4 aromatic rings. The number of ketones is 1. The van der Waals surface area contributed by atoms with E-state index in [0.717, 1.165) is 0 Å². The molecule has 0 saturated carbocycles. The Morgan fingerprint density at radius 1 is 0.840 bits per heavy atom. The van der Waals surface area contributed by atoms with Crippen molar-refractivity contribution in [2.45, 2.75) is 0 Å². The lowest BCUT2D eigenvalue weighted by atomic mass is 10.1. The number of furan rings is 2. The molecular weight excluding hydrogens is 318 g/mol. The van der Waals surface area contributed by atoms with Crippen molar-refractivity contribution in [2.75, 3.05) is 5.32 Å². The van der Waals surface area contributed by atoms with Crippen LogP contribution in [0.2, 0.25) is 0 Å². The molecule has 5 heteroatoms. The molecule has 1 N–H and O–H groups in total. The summed E-state index contributed by atoms with van der Waals surface area (Å²) >= 11 is 0. The summed E-state index contributed by atoms with van der Waals surface area (Å²) in [5.41, 5.74) is 1.34. The molecule has 0 aliphatic carbocycles. The highest BCUT2D eigenvalue weighted by Crippen LogP contribution is 2.32. The number of para-hydroxylation sites is 1. The highest BCUT2D eigenvalue weighted by molar-refractivity contribution is 6.18. The Labute approximate surface area is 142 Å². The van der Waals surface area contributed by atoms with E-state index in [-0.39, 0.29) is 17.4 Å². The molecule has 0 atom stereocenters. The maximum absolute atomic E-state index is 12.7. The van der Waals surface area contributed by atoms with Crippen LogP contribution in [-0.4, -0.2) is 11.7 Å². The summed E-state index contributed by atoms with van der Waals surface area (Å²) in [7, 11) is 0. The Balaban J connectivity index is 1.80. The van der Waals surface area contributed by atoms with E-state index in [1.807, 2.05) is 12.1 Å². The Hall–Kier alpha value is -3.60. The zero-order valence-electron chi connectivity index (χ0n) is 13.1. The van der Waals surface area contributed by atoms with Crippen LogP contribution in [0.5, 0.6) is 0 Å². The first-order valence-electron chi connectivity index (χ1n) is 7.70. The molecule has 122 valence electrons. The zero-order valence-corrected chi connectivity index (χ0v) is 13.1. The van der Waals surface area contributed by atoms with E-state index in [4.69, 9.17) is 8.83 Å². The van der Waals surface area contributed by atoms with Gasteiger partial charge in [0.1, 0.15) is 5.58 Å². The van der Waals surface area contributed by atoms with Crippen molar-refractivity contribution in [3.63, 3.8) is 0 Å². The zero-order chi connectivity index (χ0) is 17.2. The van der Waals surface area contributed by atoms with Gasteiger partial charge in [-0.1, -0.05) is 30.3 Å². The van der Waals surface area contributed by atoms with Crippen LogP contribution in [0, 0.1) is 0 Å². The molecular formula is C20H13NO4. The highest BCUT2D eigenvalue weighted by Gasteiger charge is 2.25. The van der Waals surface area contributed by atoms with Gasteiger partial charge in [0.05, 0.1) is 12.0 Å². The van der Waals surface area contributed by atoms with Crippen molar-refractivity contribution in [3.05, 3.63) is 90.1 Å². The van der Waals surface area contributed by atoms with Crippen LogP contribution in [0.15, 0.2) is 81.8 Å². The fourth-order valence-corrected chi connectivity index (χ4v) is 2.62. The van der Waals surface area contributed by atoms with Gasteiger partial charge in [-0.3, -0.25) is 9.59 Å². The van der Waals surface area contributed by atoms with Crippen molar-refractivity contribution in [1.29, 1.82) is 0 Å². The molecule has 0 radical (unpaired) electrons. The first-order chi connectivity index (χ1) is 12.2. The van der Waals surface area contributed by atoms with Gasteiger partial charge in [0.15, 0.2) is 5.76 Å². The van der Waals surface area contributed by atoms with E-state index in [1.54, 1.807) is 54.6 Å². The van der Waals surface area contributed by atoms with Gasteiger partial charge in [-0.05, 0) is 36.4 Å². The predicted octanol–water partition coefficient (Wildman–Crippen LogP) is 4.51. The first-order valence-corrected chi connectivity index (χ1v) is 7.70. The largest absolute Gasteiger partial charge is 0.461 e. The van der Waals surface area contributed by atoms with E-state index in [0.29, 0.717) is 22.2 Å². The average Bonchev–Trinajstić information content (AvgIpc) is 3.30. The Bertz CT molecular complexity index is 1050. The molecule has 0 unspecified atom stereocenters. The normalized spacial score (nSPS) is 10.7. The summed E-state index contributed by atoms with van der Waals surface area (Å²) in [6.45, 7) is 0. The molecule has 2 aromatic heterocycles. The van der Waals surface area contributed by atoms with E-state index < -0.39 is 5.78 Å². The monoisotopic (exact) mass is 331 g/mol. The van der Waals surface area contributed by atoms with Crippen LogP contribution in [0.1, 0.15) is 26.7 Å². The van der Waals surface area contributed by atoms with Gasteiger partial charge < -0.3 is 14.2 Å². The van der Waals surface area contributed by atoms with Crippen LogP contribution >= 0.6 is 0 Å². The molecule has 5 nitrogen and oxygen atoms in total. The smallest absolute Gasteiger partial charge is 0.265 e. The van der Waals surface area contributed by atoms with Gasteiger partial charge in [-0.2, -0.15) is 0 Å². The molecule has 0 aliphatic heterocycles. The van der Waals surface area contributed by atoms with Gasteiger partial charge in [0.2, 0.25) is 5.76 Å². The molecule has 25 heavy (non-hydrogen) atoms. The lowest BCUT2D eigenvalue weighted by Crippen LogP contribution is -2.14. The fourth-order valence-electron chi connectivity index (χ4n) is 2.62. The summed E-state index contributed by atoms with van der Waals surface area (Å²) < 4.78 is 10.9. The lowest BCUT2D eigenvalue weighted by Gasteiger charge is -2.05. The quantitative estimate of drug-likeness (QED) is 0.558. The van der Waals surface area contributed by atoms with E-state index in [1.165, 1.54) is 6.26 Å². The second-order valence-corrected chi connectivity index (χ2v) is 5.43. The number of fused-ring (bicyclic) bond motifs is 1. The molecule has 0 saturated heterocycles. The fraction of sp³-hybridized carbons (Fsp3) is 0. The van der Waals surface area contributed by atoms with E-state index in [9.17, 15) is 9.59 Å². The number of benzene rings is 2. The average molecular weight is 331 g/mol. The topological polar surface area (TPSA) is 72.5 Å². The minimum Gasteiger partial charge on any atom is -0.461 e. The Morgan fingerprint density at radius 3 is 2.36 bits per heavy atom. The number of rotatable bonds is 4. The highest BCUT2D eigenvalue weighted by atomic mass is 16.4. The standard InChI is InChI=1S/C20H13NO4/c22-18(16-11-6-12-24-16)19-17(14-9-4-5-10-15(14)25-19)21-20(23)13-7-2-1-3-8-13/h1-12H,(H,21,23). The SMILES string of the molecule is O=C(Nc1c(C(=O)c2ccco2)oc2ccccc12)c1ccccc1. The summed E-state index contributed by atoms with van der Waals surface area (Å²) in [6, 6.07) is 19.1. The minimum atomic E-state index is -0.426. The Morgan fingerprint density at radius 2 is 1.60 bits per heavy atom. The maximum atomic E-state index is 12.7. The molecule has 0 bridgehead atoms. The van der Waals surface area contributed by atoms with Gasteiger partial charge in [0.25, 0.3) is 11.7 Å². The van der Waals surface area contributed by atoms with Crippen molar-refractivity contribution < 1.29 is 18.4 Å². The second-order valence-electron chi connectivity index (χ2n) is 5.43. The van der Waals surface area contributed by atoms with E-state index in [2.05, 4.69) is 5.32 Å². The number of amides is 1. The third-order valence-electron chi connectivity index (χ3n) is 3.82. The van der Waals surface area contributed by atoms with Crippen molar-refractivity contribution in [2.24, 2.45) is 0 Å². The van der Waals surface area contributed by atoms with Crippen molar-refractivity contribution in [3.8, 4) is 0 Å². The number of carbonyl (C=O) groups excluding carboxylic acids is 2. The second kappa shape index (κ2) is 6.13. The van der Waals surface area contributed by atoms with Crippen molar-refractivity contribution in [1.82, 2.24) is 0 Å². The van der Waals surface area contributed by atoms with E-state index >= 15 is 0 Å². The van der Waals surface area contributed by atoms with Crippen molar-refractivity contribution >= 4 is 28.3 Å². The number of nitrogens with one attached hydrogen (secondary N) is 1. The molecule has 0 aliphatic rings. The number of carbonyl (C=O) groups is 2. The maximum Gasteiger partial charge on any atom is 0.265 e. The summed E-state index contributed by atoms with van der Waals surface area (Å²) in [4.78, 5) is 25.2. The van der Waals surface area contributed by atoms with Crippen LogP contribution in [0.25, 0.3) is 11.0 Å². The summed E-state index contributed by atoms with van der Waals surface area (Å²) in [5, 5.41) is 3.45. The molecule has 2 heterocycles. The third-order valence-corrected chi connectivity index (χ3v) is 3.82. The van der Waals surface area contributed by atoms with Crippen LogP contribution in [0.4, 0.5) is 5.69 Å². The molecule has 0 spiro atoms. The summed E-state index contributed by atoms with van der Waals surface area (Å²) in [5.74, 6) is -0.556. The number of hydrogen-bond acceptors (Lipinski definition) is 4. The molecule has 0 fully saturated rings. The molecule has 2 aromatic carbocycles. The first kappa shape index (κ1) is 15.0.